The zero-order valence-electron chi connectivity index (χ0n) is 11.6. The molecule has 2 saturated heterocycles. The largest absolute Gasteiger partial charge is 0.379 e. The van der Waals surface area contributed by atoms with Gasteiger partial charge >= 0.3 is 0 Å². The van der Waals surface area contributed by atoms with Crippen molar-refractivity contribution in [1.82, 2.24) is 14.7 Å². The Labute approximate surface area is 110 Å². The molecule has 0 aromatic heterocycles. The molecular formula is C13H25N3O2. The Morgan fingerprint density at radius 2 is 2.00 bits per heavy atom. The quantitative estimate of drug-likeness (QED) is 0.693. The first-order valence-corrected chi connectivity index (χ1v) is 6.88. The van der Waals surface area contributed by atoms with E-state index in [2.05, 4.69) is 23.9 Å². The minimum Gasteiger partial charge on any atom is -0.379 e. The van der Waals surface area contributed by atoms with Crippen LogP contribution in [0.4, 0.5) is 0 Å². The molecule has 0 aliphatic carbocycles. The van der Waals surface area contributed by atoms with Gasteiger partial charge in [0.05, 0.1) is 19.8 Å². The highest BCUT2D eigenvalue weighted by molar-refractivity contribution is 5.78. The lowest BCUT2D eigenvalue weighted by atomic mass is 10.1. The number of amides is 1. The van der Waals surface area contributed by atoms with Crippen molar-refractivity contribution in [2.24, 2.45) is 5.92 Å². The second-order valence-corrected chi connectivity index (χ2v) is 5.65. The van der Waals surface area contributed by atoms with Gasteiger partial charge in [0.2, 0.25) is 5.91 Å². The normalized spacial score (nSPS) is 25.9. The number of morpholine rings is 1. The van der Waals surface area contributed by atoms with Crippen LogP contribution >= 0.6 is 0 Å². The second-order valence-electron chi connectivity index (χ2n) is 5.65. The Morgan fingerprint density at radius 3 is 2.67 bits per heavy atom. The molecule has 5 nitrogen and oxygen atoms in total. The molecule has 0 N–H and O–H groups in total. The third kappa shape index (κ3) is 3.93. The molecular weight excluding hydrogens is 230 g/mol. The van der Waals surface area contributed by atoms with Crippen LogP contribution in [-0.4, -0.2) is 87.2 Å². The summed E-state index contributed by atoms with van der Waals surface area (Å²) in [6.07, 6.45) is 1.15. The maximum absolute atomic E-state index is 12.2. The topological polar surface area (TPSA) is 36.0 Å². The number of carbonyl (C=O) groups is 1. The molecule has 2 fully saturated rings. The third-order valence-corrected chi connectivity index (χ3v) is 3.72. The van der Waals surface area contributed by atoms with Gasteiger partial charge in [0.25, 0.3) is 0 Å². The van der Waals surface area contributed by atoms with Crippen LogP contribution in [0.3, 0.4) is 0 Å². The average molecular weight is 255 g/mol. The van der Waals surface area contributed by atoms with Crippen molar-refractivity contribution in [1.29, 1.82) is 0 Å². The second kappa shape index (κ2) is 6.50. The lowest BCUT2D eigenvalue weighted by molar-refractivity contribution is -0.132. The molecule has 2 rings (SSSR count). The number of likely N-dealkylation sites (tertiary alicyclic amines) is 1. The number of hydrogen-bond donors (Lipinski definition) is 0. The van der Waals surface area contributed by atoms with Crippen LogP contribution in [0.25, 0.3) is 0 Å². The fourth-order valence-corrected chi connectivity index (χ4v) is 2.78. The summed E-state index contributed by atoms with van der Waals surface area (Å²) in [6.45, 7) is 6.82. The fraction of sp³-hybridized carbons (Fsp3) is 0.923. The highest BCUT2D eigenvalue weighted by atomic mass is 16.5. The first-order chi connectivity index (χ1) is 8.65. The smallest absolute Gasteiger partial charge is 0.236 e. The standard InChI is InChI=1S/C13H25N3O2/c1-14(2)9-12-3-4-16(10-12)13(17)11-15-5-7-18-8-6-15/h12H,3-11H2,1-2H3. The summed E-state index contributed by atoms with van der Waals surface area (Å²) in [4.78, 5) is 18.6. The van der Waals surface area contributed by atoms with E-state index in [0.717, 1.165) is 52.4 Å². The molecule has 104 valence electrons. The van der Waals surface area contributed by atoms with E-state index in [0.29, 0.717) is 12.5 Å². The molecule has 0 aromatic carbocycles. The molecule has 5 heteroatoms. The number of rotatable bonds is 4. The van der Waals surface area contributed by atoms with Gasteiger partial charge in [-0.3, -0.25) is 9.69 Å². The third-order valence-electron chi connectivity index (χ3n) is 3.72. The van der Waals surface area contributed by atoms with E-state index in [-0.39, 0.29) is 5.91 Å². The zero-order valence-corrected chi connectivity index (χ0v) is 11.6. The molecule has 18 heavy (non-hydrogen) atoms. The summed E-state index contributed by atoms with van der Waals surface area (Å²) in [6, 6.07) is 0. The van der Waals surface area contributed by atoms with Crippen LogP contribution in [-0.2, 0) is 9.53 Å². The molecule has 0 spiro atoms. The maximum Gasteiger partial charge on any atom is 0.236 e. The molecule has 0 saturated carbocycles. The summed E-state index contributed by atoms with van der Waals surface area (Å²) in [5.74, 6) is 0.937. The molecule has 2 aliphatic rings. The van der Waals surface area contributed by atoms with Crippen molar-refractivity contribution in [2.45, 2.75) is 6.42 Å². The lowest BCUT2D eigenvalue weighted by Gasteiger charge is -2.28. The molecule has 2 aliphatic heterocycles. The molecule has 0 radical (unpaired) electrons. The van der Waals surface area contributed by atoms with Crippen LogP contribution in [0, 0.1) is 5.92 Å². The lowest BCUT2D eigenvalue weighted by Crippen LogP contribution is -2.44. The fourth-order valence-electron chi connectivity index (χ4n) is 2.78. The van der Waals surface area contributed by atoms with Crippen molar-refractivity contribution in [2.75, 3.05) is 66.6 Å². The van der Waals surface area contributed by atoms with Crippen molar-refractivity contribution >= 4 is 5.91 Å². The first-order valence-electron chi connectivity index (χ1n) is 6.88. The van der Waals surface area contributed by atoms with Crippen LogP contribution < -0.4 is 0 Å². The van der Waals surface area contributed by atoms with E-state index in [1.807, 2.05) is 4.90 Å². The van der Waals surface area contributed by atoms with Gasteiger partial charge in [0, 0.05) is 32.7 Å². The predicted molar refractivity (Wildman–Crippen MR) is 70.5 cm³/mol. The summed E-state index contributed by atoms with van der Waals surface area (Å²) in [5, 5.41) is 0. The van der Waals surface area contributed by atoms with Gasteiger partial charge in [0.15, 0.2) is 0 Å². The molecule has 1 amide bonds. The molecule has 0 bridgehead atoms. The SMILES string of the molecule is CN(C)CC1CCN(C(=O)CN2CCOCC2)C1. The van der Waals surface area contributed by atoms with Crippen LogP contribution in [0.1, 0.15) is 6.42 Å². The van der Waals surface area contributed by atoms with Gasteiger partial charge in [-0.25, -0.2) is 0 Å². The number of carbonyl (C=O) groups excluding carboxylic acids is 1. The van der Waals surface area contributed by atoms with Gasteiger partial charge in [-0.1, -0.05) is 0 Å². The number of ether oxygens (including phenoxy) is 1. The van der Waals surface area contributed by atoms with Gasteiger partial charge in [0.1, 0.15) is 0 Å². The highest BCUT2D eigenvalue weighted by Gasteiger charge is 2.27. The Hall–Kier alpha value is -0.650. The Kier molecular flexibility index (Phi) is 4.97. The molecule has 1 unspecified atom stereocenters. The van der Waals surface area contributed by atoms with Crippen molar-refractivity contribution in [3.63, 3.8) is 0 Å². The predicted octanol–water partition coefficient (Wildman–Crippen LogP) is -0.271. The average Bonchev–Trinajstić information content (AvgIpc) is 2.78. The van der Waals surface area contributed by atoms with Crippen molar-refractivity contribution in [3.8, 4) is 0 Å². The van der Waals surface area contributed by atoms with Crippen molar-refractivity contribution in [3.05, 3.63) is 0 Å². The van der Waals surface area contributed by atoms with E-state index >= 15 is 0 Å². The van der Waals surface area contributed by atoms with E-state index in [1.165, 1.54) is 0 Å². The Bertz CT molecular complexity index is 277. The molecule has 0 aromatic rings. The van der Waals surface area contributed by atoms with E-state index in [9.17, 15) is 4.79 Å². The molecule has 1 atom stereocenters. The van der Waals surface area contributed by atoms with Gasteiger partial charge in [-0.2, -0.15) is 0 Å². The number of hydrogen-bond acceptors (Lipinski definition) is 4. The Balaban J connectivity index is 1.73. The monoisotopic (exact) mass is 255 g/mol. The van der Waals surface area contributed by atoms with E-state index < -0.39 is 0 Å². The minimum absolute atomic E-state index is 0.290. The maximum atomic E-state index is 12.2. The van der Waals surface area contributed by atoms with Gasteiger partial charge in [-0.15, -0.1) is 0 Å². The summed E-state index contributed by atoms with van der Waals surface area (Å²) in [7, 11) is 4.19. The van der Waals surface area contributed by atoms with Crippen LogP contribution in [0.5, 0.6) is 0 Å². The minimum atomic E-state index is 0.290. The zero-order chi connectivity index (χ0) is 13.0. The number of nitrogens with zero attached hydrogens (tertiary/aromatic N) is 3. The van der Waals surface area contributed by atoms with Gasteiger partial charge in [-0.05, 0) is 26.4 Å². The highest BCUT2D eigenvalue weighted by Crippen LogP contribution is 2.17. The van der Waals surface area contributed by atoms with Gasteiger partial charge < -0.3 is 14.5 Å². The first kappa shape index (κ1) is 13.8. The Morgan fingerprint density at radius 1 is 1.28 bits per heavy atom. The van der Waals surface area contributed by atoms with Crippen LogP contribution in [0.2, 0.25) is 0 Å². The van der Waals surface area contributed by atoms with E-state index in [1.54, 1.807) is 0 Å². The summed E-state index contributed by atoms with van der Waals surface area (Å²) in [5.41, 5.74) is 0. The summed E-state index contributed by atoms with van der Waals surface area (Å²) >= 11 is 0. The van der Waals surface area contributed by atoms with Crippen molar-refractivity contribution < 1.29 is 9.53 Å². The van der Waals surface area contributed by atoms with E-state index in [4.69, 9.17) is 4.74 Å². The summed E-state index contributed by atoms with van der Waals surface area (Å²) < 4.78 is 5.30. The van der Waals surface area contributed by atoms with Crippen LogP contribution in [0.15, 0.2) is 0 Å². The molecule has 2 heterocycles.